The molecule has 1 spiro atoms. The minimum absolute atomic E-state index is 0.569. The first-order valence-corrected chi connectivity index (χ1v) is 22.3. The van der Waals surface area contributed by atoms with Crippen LogP contribution in [0.3, 0.4) is 0 Å². The van der Waals surface area contributed by atoms with Crippen LogP contribution in [0.1, 0.15) is 22.3 Å². The number of aromatic nitrogens is 5. The van der Waals surface area contributed by atoms with E-state index in [9.17, 15) is 0 Å². The van der Waals surface area contributed by atoms with E-state index in [2.05, 4.69) is 221 Å². The maximum absolute atomic E-state index is 5.46. The van der Waals surface area contributed by atoms with Gasteiger partial charge in [0.15, 0.2) is 11.6 Å². The zero-order chi connectivity index (χ0) is 42.4. The molecule has 4 heterocycles. The summed E-state index contributed by atoms with van der Waals surface area (Å²) in [5.41, 5.74) is 14.8. The largest absolute Gasteiger partial charge is 0.309 e. The Morgan fingerprint density at radius 1 is 0.308 bits per heavy atom. The number of fused-ring (bicyclic) bond motifs is 17. The van der Waals surface area contributed by atoms with Gasteiger partial charge in [0, 0.05) is 32.7 Å². The van der Waals surface area contributed by atoms with Gasteiger partial charge < -0.3 is 4.57 Å². The summed E-state index contributed by atoms with van der Waals surface area (Å²) in [5, 5.41) is 9.31. The Labute approximate surface area is 373 Å². The van der Waals surface area contributed by atoms with Crippen molar-refractivity contribution in [2.75, 3.05) is 0 Å². The van der Waals surface area contributed by atoms with Crippen molar-refractivity contribution in [1.82, 2.24) is 24.1 Å². The van der Waals surface area contributed by atoms with Crippen LogP contribution in [0.2, 0.25) is 0 Å². The van der Waals surface area contributed by atoms with E-state index in [-0.39, 0.29) is 0 Å². The standard InChI is InChI=1S/C60H35N5/c1-3-20-38-36(16-1)18-13-26-44(38)57-61-58(45-27-14-19-37-17-2-4-21-39(37)45)63-59(62-57)65-53-32-11-7-24-42(53)47-34-51-46(35-55(47)65)40-22-5-8-28-48(40)60(51)49-29-9-12-33-54(49)64-52-31-10-6-23-41(52)43-25-15-30-50(60)56(43)64/h1-35H. The molecule has 65 heavy (non-hydrogen) atoms. The summed E-state index contributed by atoms with van der Waals surface area (Å²) >= 11 is 0. The molecule has 1 unspecified atom stereocenters. The number of para-hydroxylation sites is 4. The van der Waals surface area contributed by atoms with E-state index in [4.69, 9.17) is 15.0 Å². The molecule has 1 aliphatic heterocycles. The lowest BCUT2D eigenvalue weighted by atomic mass is 9.65. The maximum atomic E-state index is 5.46. The smallest absolute Gasteiger partial charge is 0.238 e. The van der Waals surface area contributed by atoms with Gasteiger partial charge in [-0.05, 0) is 85.3 Å². The highest BCUT2D eigenvalue weighted by atomic mass is 15.2. The SMILES string of the molecule is c1ccc2c(c1)-c1cc3c(cc1C21c2ccccc2-n2c4ccccc4c4cccc1c42)c1ccccc1n3-c1nc(-c2cccc3ccccc23)nc(-c2cccc3ccccc23)n1. The molecule has 10 aromatic carbocycles. The fraction of sp³-hybridized carbons (Fsp3) is 0.0167. The molecule has 0 N–H and O–H groups in total. The molecule has 0 bridgehead atoms. The third-order valence-electron chi connectivity index (χ3n) is 14.4. The van der Waals surface area contributed by atoms with Gasteiger partial charge in [0.2, 0.25) is 5.95 Å². The molecule has 1 aliphatic carbocycles. The van der Waals surface area contributed by atoms with E-state index in [1.54, 1.807) is 0 Å². The van der Waals surface area contributed by atoms with Gasteiger partial charge in [-0.2, -0.15) is 9.97 Å². The van der Waals surface area contributed by atoms with E-state index in [1.165, 1.54) is 60.9 Å². The van der Waals surface area contributed by atoms with Crippen LogP contribution < -0.4 is 0 Å². The van der Waals surface area contributed by atoms with Crippen LogP contribution >= 0.6 is 0 Å². The number of hydrogen-bond acceptors (Lipinski definition) is 3. The molecule has 5 nitrogen and oxygen atoms in total. The third-order valence-corrected chi connectivity index (χ3v) is 14.4. The predicted molar refractivity (Wildman–Crippen MR) is 265 cm³/mol. The van der Waals surface area contributed by atoms with Gasteiger partial charge in [0.1, 0.15) is 0 Å². The van der Waals surface area contributed by atoms with Crippen LogP contribution in [0.5, 0.6) is 0 Å². The zero-order valence-electron chi connectivity index (χ0n) is 34.9. The fourth-order valence-electron chi connectivity index (χ4n) is 11.8. The molecule has 0 saturated heterocycles. The molecule has 0 fully saturated rings. The lowest BCUT2D eigenvalue weighted by molar-refractivity contribution is 0.749. The summed E-state index contributed by atoms with van der Waals surface area (Å²) in [5.74, 6) is 1.84. The van der Waals surface area contributed by atoms with Crippen LogP contribution in [0, 0.1) is 0 Å². The van der Waals surface area contributed by atoms with Crippen LogP contribution in [0.4, 0.5) is 0 Å². The van der Waals surface area contributed by atoms with Gasteiger partial charge >= 0.3 is 0 Å². The second-order valence-corrected chi connectivity index (χ2v) is 17.5. The average Bonchev–Trinajstić information content (AvgIpc) is 3.99. The number of benzene rings is 10. The van der Waals surface area contributed by atoms with E-state index in [1.807, 2.05) is 0 Å². The maximum Gasteiger partial charge on any atom is 0.238 e. The molecular weight excluding hydrogens is 791 g/mol. The van der Waals surface area contributed by atoms with Crippen LogP contribution in [-0.2, 0) is 5.41 Å². The van der Waals surface area contributed by atoms with E-state index in [0.29, 0.717) is 17.6 Å². The lowest BCUT2D eigenvalue weighted by Gasteiger charge is -2.39. The molecule has 300 valence electrons. The molecular formula is C60H35N5. The molecule has 3 aromatic heterocycles. The van der Waals surface area contributed by atoms with Crippen LogP contribution in [0.25, 0.3) is 111 Å². The molecule has 0 amide bonds. The summed E-state index contributed by atoms with van der Waals surface area (Å²) in [6.45, 7) is 0. The predicted octanol–water partition coefficient (Wildman–Crippen LogP) is 14.4. The summed E-state index contributed by atoms with van der Waals surface area (Å²) in [6, 6.07) is 77.3. The van der Waals surface area contributed by atoms with Crippen molar-refractivity contribution in [1.29, 1.82) is 0 Å². The molecule has 0 saturated carbocycles. The highest BCUT2D eigenvalue weighted by Gasteiger charge is 2.51. The Kier molecular flexibility index (Phi) is 6.82. The van der Waals surface area contributed by atoms with Crippen molar-refractivity contribution in [3.05, 3.63) is 235 Å². The van der Waals surface area contributed by atoms with Gasteiger partial charge in [-0.3, -0.25) is 4.57 Å². The Bertz CT molecular complexity index is 4100. The van der Waals surface area contributed by atoms with E-state index in [0.717, 1.165) is 54.5 Å². The van der Waals surface area contributed by atoms with Crippen LogP contribution in [0.15, 0.2) is 212 Å². The van der Waals surface area contributed by atoms with Crippen molar-refractivity contribution in [3.63, 3.8) is 0 Å². The first-order chi connectivity index (χ1) is 32.3. The summed E-state index contributed by atoms with van der Waals surface area (Å²) in [6.07, 6.45) is 0. The average molecular weight is 826 g/mol. The Morgan fingerprint density at radius 2 is 0.815 bits per heavy atom. The fourth-order valence-corrected chi connectivity index (χ4v) is 11.8. The topological polar surface area (TPSA) is 48.5 Å². The first kappa shape index (κ1) is 34.9. The summed E-state index contributed by atoms with van der Waals surface area (Å²) in [4.78, 5) is 16.3. The normalized spacial score (nSPS) is 14.8. The van der Waals surface area contributed by atoms with Gasteiger partial charge in [-0.25, -0.2) is 4.98 Å². The zero-order valence-corrected chi connectivity index (χ0v) is 34.9. The van der Waals surface area contributed by atoms with Crippen molar-refractivity contribution in [3.8, 4) is 45.5 Å². The van der Waals surface area contributed by atoms with Crippen LogP contribution in [-0.4, -0.2) is 24.1 Å². The van der Waals surface area contributed by atoms with Gasteiger partial charge in [-0.15, -0.1) is 0 Å². The summed E-state index contributed by atoms with van der Waals surface area (Å²) in [7, 11) is 0. The highest BCUT2D eigenvalue weighted by Crippen LogP contribution is 2.62. The van der Waals surface area contributed by atoms with Gasteiger partial charge in [0.05, 0.1) is 33.2 Å². The molecule has 15 rings (SSSR count). The first-order valence-electron chi connectivity index (χ1n) is 22.3. The van der Waals surface area contributed by atoms with Crippen molar-refractivity contribution < 1.29 is 0 Å². The minimum Gasteiger partial charge on any atom is -0.309 e. The molecule has 0 radical (unpaired) electrons. The van der Waals surface area contributed by atoms with E-state index < -0.39 is 5.41 Å². The highest BCUT2D eigenvalue weighted by molar-refractivity contribution is 6.15. The molecule has 1 atom stereocenters. The van der Waals surface area contributed by atoms with Crippen molar-refractivity contribution in [2.24, 2.45) is 0 Å². The van der Waals surface area contributed by atoms with Crippen molar-refractivity contribution in [2.45, 2.75) is 5.41 Å². The Balaban J connectivity index is 1.06. The van der Waals surface area contributed by atoms with Gasteiger partial charge in [-0.1, -0.05) is 182 Å². The second kappa shape index (κ2) is 12.7. The quantitative estimate of drug-likeness (QED) is 0.178. The van der Waals surface area contributed by atoms with E-state index >= 15 is 0 Å². The lowest BCUT2D eigenvalue weighted by Crippen LogP contribution is -2.33. The van der Waals surface area contributed by atoms with Crippen molar-refractivity contribution >= 4 is 65.2 Å². The minimum atomic E-state index is -0.569. The Hall–Kier alpha value is -8.67. The Morgan fingerprint density at radius 3 is 1.54 bits per heavy atom. The number of hydrogen-bond donors (Lipinski definition) is 0. The third kappa shape index (κ3) is 4.48. The molecule has 5 heteroatoms. The van der Waals surface area contributed by atoms with Gasteiger partial charge in [0.25, 0.3) is 0 Å². The monoisotopic (exact) mass is 825 g/mol. The molecule has 2 aliphatic rings. The number of nitrogens with zero attached hydrogens (tertiary/aromatic N) is 5. The summed E-state index contributed by atoms with van der Waals surface area (Å²) < 4.78 is 4.78. The molecule has 13 aromatic rings. The number of rotatable bonds is 3. The second-order valence-electron chi connectivity index (χ2n) is 17.5.